The van der Waals surface area contributed by atoms with Crippen LogP contribution in [0.25, 0.3) is 0 Å². The predicted octanol–water partition coefficient (Wildman–Crippen LogP) is 4.35. The number of sulfonamides is 1. The number of alkyl halides is 2. The van der Waals surface area contributed by atoms with Crippen molar-refractivity contribution in [3.8, 4) is 0 Å². The predicted molar refractivity (Wildman–Crippen MR) is 143 cm³/mol. The van der Waals surface area contributed by atoms with Crippen molar-refractivity contribution >= 4 is 49.3 Å². The molecule has 2 saturated heterocycles. The van der Waals surface area contributed by atoms with Crippen molar-refractivity contribution in [1.29, 1.82) is 0 Å². The SMILES string of the molecule is O=C(Nc1ccc(NS(=O)(=O)CCO)cc1N1CCC2(CC1)CC2)c1csc(N2CCC(F)(F)CC2)c1. The zero-order chi connectivity index (χ0) is 26.3. The molecule has 12 heteroatoms. The van der Waals surface area contributed by atoms with Crippen LogP contribution < -0.4 is 19.8 Å². The van der Waals surface area contributed by atoms with Crippen LogP contribution in [-0.4, -0.2) is 63.9 Å². The smallest absolute Gasteiger partial charge is 0.256 e. The first-order chi connectivity index (χ1) is 17.6. The highest BCUT2D eigenvalue weighted by atomic mass is 32.2. The summed E-state index contributed by atoms with van der Waals surface area (Å²) >= 11 is 1.36. The lowest BCUT2D eigenvalue weighted by atomic mass is 9.93. The van der Waals surface area contributed by atoms with E-state index in [4.69, 9.17) is 5.11 Å². The highest BCUT2D eigenvalue weighted by Crippen LogP contribution is 2.54. The fourth-order valence-corrected chi connectivity index (χ4v) is 6.85. The number of carbonyl (C=O) groups is 1. The number of nitrogens with zero attached hydrogens (tertiary/aromatic N) is 2. The van der Waals surface area contributed by atoms with Crippen molar-refractivity contribution in [2.45, 2.75) is 44.4 Å². The van der Waals surface area contributed by atoms with Crippen LogP contribution in [0.2, 0.25) is 0 Å². The van der Waals surface area contributed by atoms with Gasteiger partial charge in [0.15, 0.2) is 0 Å². The van der Waals surface area contributed by atoms with E-state index in [1.165, 1.54) is 24.2 Å². The maximum absolute atomic E-state index is 13.5. The number of benzene rings is 1. The van der Waals surface area contributed by atoms with Crippen LogP contribution in [0.3, 0.4) is 0 Å². The van der Waals surface area contributed by atoms with Crippen molar-refractivity contribution in [3.63, 3.8) is 0 Å². The Bertz CT molecular complexity index is 1240. The average Bonchev–Trinajstić information content (AvgIpc) is 3.40. The van der Waals surface area contributed by atoms with Crippen LogP contribution in [0.4, 0.5) is 30.8 Å². The number of amides is 1. The lowest BCUT2D eigenvalue weighted by Crippen LogP contribution is -2.38. The van der Waals surface area contributed by atoms with Gasteiger partial charge in [0.2, 0.25) is 10.0 Å². The third kappa shape index (κ3) is 6.18. The van der Waals surface area contributed by atoms with E-state index in [-0.39, 0.29) is 31.8 Å². The zero-order valence-electron chi connectivity index (χ0n) is 20.5. The Hall–Kier alpha value is -2.44. The number of thiophene rings is 1. The van der Waals surface area contributed by atoms with E-state index in [0.717, 1.165) is 36.6 Å². The second-order valence-corrected chi connectivity index (χ2v) is 13.1. The fraction of sp³-hybridized carbons (Fsp3) is 0.560. The van der Waals surface area contributed by atoms with E-state index in [1.807, 2.05) is 4.90 Å². The standard InChI is InChI=1S/C25H32F2N4O4S2/c26-25(27)7-11-31(12-8-25)22-15-18(17-36-22)23(33)28-20-2-1-19(29-37(34,35)14-13-32)16-21(20)30-9-5-24(3-4-24)6-10-30/h1-2,15-17,29,32H,3-14H2,(H,28,33). The molecule has 1 saturated carbocycles. The summed E-state index contributed by atoms with van der Waals surface area (Å²) in [5.41, 5.74) is 2.58. The van der Waals surface area contributed by atoms with Gasteiger partial charge in [-0.2, -0.15) is 0 Å². The molecule has 0 radical (unpaired) electrons. The monoisotopic (exact) mass is 554 g/mol. The largest absolute Gasteiger partial charge is 0.395 e. The summed E-state index contributed by atoms with van der Waals surface area (Å²) in [6.45, 7) is 1.66. The van der Waals surface area contributed by atoms with Crippen molar-refractivity contribution in [2.75, 3.05) is 58.4 Å². The molecule has 1 spiro atoms. The summed E-state index contributed by atoms with van der Waals surface area (Å²) in [5.74, 6) is -3.34. The van der Waals surface area contributed by atoms with Gasteiger partial charge in [-0.25, -0.2) is 17.2 Å². The third-order valence-electron chi connectivity index (χ3n) is 7.66. The number of halogens is 2. The van der Waals surface area contributed by atoms with E-state index in [2.05, 4.69) is 14.9 Å². The maximum Gasteiger partial charge on any atom is 0.256 e. The summed E-state index contributed by atoms with van der Waals surface area (Å²) in [6, 6.07) is 6.74. The van der Waals surface area contributed by atoms with E-state index in [1.54, 1.807) is 29.6 Å². The van der Waals surface area contributed by atoms with Crippen LogP contribution in [0, 0.1) is 5.41 Å². The molecule has 2 aromatic rings. The Kier molecular flexibility index (Phi) is 7.10. The molecule has 5 rings (SSSR count). The van der Waals surface area contributed by atoms with E-state index >= 15 is 0 Å². The number of anilines is 4. The maximum atomic E-state index is 13.5. The van der Waals surface area contributed by atoms with Crippen molar-refractivity contribution in [1.82, 2.24) is 0 Å². The molecule has 3 N–H and O–H groups in total. The number of piperidine rings is 2. The van der Waals surface area contributed by atoms with E-state index in [9.17, 15) is 22.0 Å². The Labute approximate surface area is 219 Å². The minimum atomic E-state index is -3.69. The van der Waals surface area contributed by atoms with E-state index < -0.39 is 28.3 Å². The van der Waals surface area contributed by atoms with Crippen molar-refractivity contribution in [3.05, 3.63) is 35.2 Å². The second kappa shape index (κ2) is 10.0. The number of nitrogens with one attached hydrogen (secondary N) is 2. The molecule has 1 aliphatic carbocycles. The lowest BCUT2D eigenvalue weighted by Gasteiger charge is -2.35. The van der Waals surface area contributed by atoms with Gasteiger partial charge in [-0.15, -0.1) is 11.3 Å². The third-order valence-corrected chi connectivity index (χ3v) is 9.91. The van der Waals surface area contributed by atoms with Crippen LogP contribution >= 0.6 is 11.3 Å². The first-order valence-corrected chi connectivity index (χ1v) is 15.1. The molecule has 1 amide bonds. The molecule has 1 aromatic carbocycles. The molecular formula is C25H32F2N4O4S2. The molecule has 3 heterocycles. The van der Waals surface area contributed by atoms with Gasteiger partial charge >= 0.3 is 0 Å². The number of hydrogen-bond donors (Lipinski definition) is 3. The Morgan fingerprint density at radius 1 is 1.00 bits per heavy atom. The van der Waals surface area contributed by atoms with Crippen LogP contribution in [0.1, 0.15) is 48.9 Å². The van der Waals surface area contributed by atoms with Crippen molar-refractivity contribution < 1.29 is 27.1 Å². The van der Waals surface area contributed by atoms with Crippen molar-refractivity contribution in [2.24, 2.45) is 5.41 Å². The van der Waals surface area contributed by atoms with Gasteiger partial charge in [0.1, 0.15) is 0 Å². The highest BCUT2D eigenvalue weighted by Gasteiger charge is 2.44. The lowest BCUT2D eigenvalue weighted by molar-refractivity contribution is -0.0219. The molecule has 37 heavy (non-hydrogen) atoms. The second-order valence-electron chi connectivity index (χ2n) is 10.3. The van der Waals surface area contributed by atoms with Gasteiger partial charge in [0.25, 0.3) is 11.8 Å². The Balaban J connectivity index is 1.33. The first kappa shape index (κ1) is 26.2. The molecule has 8 nitrogen and oxygen atoms in total. The molecular weight excluding hydrogens is 522 g/mol. The summed E-state index contributed by atoms with van der Waals surface area (Å²) in [7, 11) is -3.69. The number of rotatable bonds is 8. The molecule has 202 valence electrons. The Morgan fingerprint density at radius 2 is 1.68 bits per heavy atom. The summed E-state index contributed by atoms with van der Waals surface area (Å²) < 4.78 is 53.9. The number of hydrogen-bond acceptors (Lipinski definition) is 7. The number of aliphatic hydroxyl groups is 1. The minimum Gasteiger partial charge on any atom is -0.395 e. The average molecular weight is 555 g/mol. The fourth-order valence-electron chi connectivity index (χ4n) is 5.07. The van der Waals surface area contributed by atoms with Gasteiger partial charge in [0, 0.05) is 44.4 Å². The molecule has 3 fully saturated rings. The zero-order valence-corrected chi connectivity index (χ0v) is 22.1. The van der Waals surface area contributed by atoms with Crippen LogP contribution in [0.15, 0.2) is 29.6 Å². The summed E-state index contributed by atoms with van der Waals surface area (Å²) in [6.07, 6.45) is 4.23. The molecule has 1 aromatic heterocycles. The summed E-state index contributed by atoms with van der Waals surface area (Å²) in [4.78, 5) is 17.2. The van der Waals surface area contributed by atoms with Crippen LogP contribution in [0.5, 0.6) is 0 Å². The normalized spacial score (nSPS) is 20.6. The topological polar surface area (TPSA) is 102 Å². The number of aliphatic hydroxyl groups excluding tert-OH is 1. The molecule has 3 aliphatic rings. The first-order valence-electron chi connectivity index (χ1n) is 12.6. The minimum absolute atomic E-state index is 0.193. The number of carbonyl (C=O) groups excluding carboxylic acids is 1. The molecule has 0 unspecified atom stereocenters. The van der Waals surface area contributed by atoms with Crippen LogP contribution in [-0.2, 0) is 10.0 Å². The molecule has 0 atom stereocenters. The van der Waals surface area contributed by atoms with Gasteiger partial charge in [0.05, 0.1) is 40.0 Å². The molecule has 2 aliphatic heterocycles. The van der Waals surface area contributed by atoms with Gasteiger partial charge in [-0.05, 0) is 55.4 Å². The highest BCUT2D eigenvalue weighted by molar-refractivity contribution is 7.92. The quantitative estimate of drug-likeness (QED) is 0.449. The Morgan fingerprint density at radius 3 is 2.32 bits per heavy atom. The van der Waals surface area contributed by atoms with Gasteiger partial charge < -0.3 is 20.2 Å². The summed E-state index contributed by atoms with van der Waals surface area (Å²) in [5, 5.41) is 14.5. The van der Waals surface area contributed by atoms with Gasteiger partial charge in [-0.3, -0.25) is 9.52 Å². The van der Waals surface area contributed by atoms with Gasteiger partial charge in [-0.1, -0.05) is 0 Å². The van der Waals surface area contributed by atoms with E-state index in [0.29, 0.717) is 22.4 Å². The molecule has 0 bridgehead atoms.